The van der Waals surface area contributed by atoms with Crippen molar-refractivity contribution in [1.29, 1.82) is 0 Å². The Morgan fingerprint density at radius 3 is 2.62 bits per heavy atom. The smallest absolute Gasteiger partial charge is 0.272 e. The summed E-state index contributed by atoms with van der Waals surface area (Å²) >= 11 is 0. The van der Waals surface area contributed by atoms with Crippen LogP contribution in [0.25, 0.3) is 5.65 Å². The molecule has 1 amide bonds. The third-order valence-corrected chi connectivity index (χ3v) is 4.17. The number of nitrogens with zero attached hydrogens (tertiary/aromatic N) is 4. The molecule has 0 radical (unpaired) electrons. The molecule has 0 spiro atoms. The van der Waals surface area contributed by atoms with Gasteiger partial charge in [0.15, 0.2) is 0 Å². The Balaban J connectivity index is 2.01. The molecule has 0 unspecified atom stereocenters. The second-order valence-corrected chi connectivity index (χ2v) is 5.79. The monoisotopic (exact) mass is 286 g/mol. The summed E-state index contributed by atoms with van der Waals surface area (Å²) in [4.78, 5) is 21.7. The summed E-state index contributed by atoms with van der Waals surface area (Å²) in [6, 6.07) is 4.02. The summed E-state index contributed by atoms with van der Waals surface area (Å²) < 4.78 is 1.95. The number of hydrogen-bond acceptors (Lipinski definition) is 3. The summed E-state index contributed by atoms with van der Waals surface area (Å²) in [5, 5.41) is 0. The molecule has 0 aromatic carbocycles. The number of aromatic nitrogens is 2. The predicted molar refractivity (Wildman–Crippen MR) is 82.7 cm³/mol. The fourth-order valence-electron chi connectivity index (χ4n) is 2.83. The molecule has 1 aliphatic rings. The van der Waals surface area contributed by atoms with Crippen LogP contribution in [0, 0.1) is 6.92 Å². The van der Waals surface area contributed by atoms with Gasteiger partial charge >= 0.3 is 0 Å². The topological polar surface area (TPSA) is 40.9 Å². The van der Waals surface area contributed by atoms with Crippen molar-refractivity contribution in [2.24, 2.45) is 0 Å². The van der Waals surface area contributed by atoms with Crippen LogP contribution in [-0.4, -0.2) is 58.3 Å². The molecule has 0 bridgehead atoms. The Bertz CT molecular complexity index is 668. The number of rotatable bonds is 2. The average molecular weight is 286 g/mol. The van der Waals surface area contributed by atoms with Gasteiger partial charge in [-0.05, 0) is 32.0 Å². The van der Waals surface area contributed by atoms with Gasteiger partial charge in [-0.1, -0.05) is 13.0 Å². The number of aryl methyl sites for hydroxylation is 2. The third-order valence-electron chi connectivity index (χ3n) is 4.17. The van der Waals surface area contributed by atoms with E-state index in [1.54, 1.807) is 0 Å². The van der Waals surface area contributed by atoms with Gasteiger partial charge in [-0.15, -0.1) is 0 Å². The first-order chi connectivity index (χ1) is 10.1. The Morgan fingerprint density at radius 2 is 1.95 bits per heavy atom. The van der Waals surface area contributed by atoms with Crippen LogP contribution in [0.4, 0.5) is 0 Å². The molecule has 0 aliphatic carbocycles. The minimum atomic E-state index is 0.109. The molecule has 1 fully saturated rings. The van der Waals surface area contributed by atoms with Gasteiger partial charge in [0.1, 0.15) is 11.3 Å². The number of carbonyl (C=O) groups is 1. The molecule has 2 aromatic rings. The molecule has 2 aromatic heterocycles. The molecule has 3 heterocycles. The maximum Gasteiger partial charge on any atom is 0.272 e. The summed E-state index contributed by atoms with van der Waals surface area (Å²) in [5.41, 5.74) is 3.62. The van der Waals surface area contributed by atoms with Crippen LogP contribution in [0.1, 0.15) is 28.7 Å². The van der Waals surface area contributed by atoms with Crippen molar-refractivity contribution >= 4 is 11.6 Å². The van der Waals surface area contributed by atoms with Crippen LogP contribution in [-0.2, 0) is 6.42 Å². The molecule has 112 valence electrons. The minimum absolute atomic E-state index is 0.109. The second kappa shape index (κ2) is 5.48. The van der Waals surface area contributed by atoms with Crippen molar-refractivity contribution in [1.82, 2.24) is 19.2 Å². The van der Waals surface area contributed by atoms with Crippen molar-refractivity contribution in [2.45, 2.75) is 20.3 Å². The number of fused-ring (bicyclic) bond motifs is 1. The molecule has 1 saturated heterocycles. The SMILES string of the molecule is CCc1nc2ccc(C)cn2c1C(=O)N1CCN(C)CC1. The highest BCUT2D eigenvalue weighted by molar-refractivity contribution is 5.95. The van der Waals surface area contributed by atoms with Gasteiger partial charge in [-0.25, -0.2) is 4.98 Å². The number of pyridine rings is 1. The van der Waals surface area contributed by atoms with Gasteiger partial charge in [0, 0.05) is 32.4 Å². The first kappa shape index (κ1) is 14.1. The molecule has 1 aliphatic heterocycles. The third kappa shape index (κ3) is 2.53. The maximum absolute atomic E-state index is 12.9. The first-order valence-corrected chi connectivity index (χ1v) is 7.55. The lowest BCUT2D eigenvalue weighted by atomic mass is 10.2. The van der Waals surface area contributed by atoms with Crippen LogP contribution in [0.2, 0.25) is 0 Å². The second-order valence-electron chi connectivity index (χ2n) is 5.79. The first-order valence-electron chi connectivity index (χ1n) is 7.55. The van der Waals surface area contributed by atoms with Gasteiger partial charge in [0.05, 0.1) is 5.69 Å². The van der Waals surface area contributed by atoms with Crippen LogP contribution < -0.4 is 0 Å². The van der Waals surface area contributed by atoms with Crippen molar-refractivity contribution in [2.75, 3.05) is 33.2 Å². The summed E-state index contributed by atoms with van der Waals surface area (Å²) in [6.07, 6.45) is 2.78. The quantitative estimate of drug-likeness (QED) is 0.842. The van der Waals surface area contributed by atoms with E-state index in [4.69, 9.17) is 0 Å². The number of piperazine rings is 1. The van der Waals surface area contributed by atoms with E-state index < -0.39 is 0 Å². The van der Waals surface area contributed by atoms with Gasteiger partial charge in [0.25, 0.3) is 5.91 Å². The number of hydrogen-bond donors (Lipinski definition) is 0. The molecule has 0 N–H and O–H groups in total. The maximum atomic E-state index is 12.9. The number of amides is 1. The molecule has 0 saturated carbocycles. The fourth-order valence-corrected chi connectivity index (χ4v) is 2.83. The van der Waals surface area contributed by atoms with Gasteiger partial charge in [-0.2, -0.15) is 0 Å². The zero-order chi connectivity index (χ0) is 15.0. The highest BCUT2D eigenvalue weighted by Crippen LogP contribution is 2.17. The van der Waals surface area contributed by atoms with Crippen LogP contribution >= 0.6 is 0 Å². The van der Waals surface area contributed by atoms with Crippen LogP contribution in [0.3, 0.4) is 0 Å². The lowest BCUT2D eigenvalue weighted by Crippen LogP contribution is -2.47. The molecule has 5 heteroatoms. The van der Waals surface area contributed by atoms with Crippen molar-refractivity contribution in [3.63, 3.8) is 0 Å². The Kier molecular flexibility index (Phi) is 3.68. The molecule has 21 heavy (non-hydrogen) atoms. The molecule has 0 atom stereocenters. The van der Waals surface area contributed by atoms with Crippen LogP contribution in [0.5, 0.6) is 0 Å². The average Bonchev–Trinajstić information content (AvgIpc) is 2.85. The lowest BCUT2D eigenvalue weighted by molar-refractivity contribution is 0.0656. The fraction of sp³-hybridized carbons (Fsp3) is 0.500. The summed E-state index contributed by atoms with van der Waals surface area (Å²) in [5.74, 6) is 0.109. The van der Waals surface area contributed by atoms with E-state index in [-0.39, 0.29) is 5.91 Å². The van der Waals surface area contributed by atoms with Gasteiger partial charge in [-0.3, -0.25) is 9.20 Å². The molecule has 3 rings (SSSR count). The largest absolute Gasteiger partial charge is 0.335 e. The van der Waals surface area contributed by atoms with E-state index in [2.05, 4.69) is 23.9 Å². The molecular weight excluding hydrogens is 264 g/mol. The molecular formula is C16H22N4O. The van der Waals surface area contributed by atoms with E-state index in [1.165, 1.54) is 0 Å². The Labute approximate surface area is 125 Å². The number of imidazole rings is 1. The lowest BCUT2D eigenvalue weighted by Gasteiger charge is -2.32. The Hall–Kier alpha value is -1.88. The van der Waals surface area contributed by atoms with E-state index >= 15 is 0 Å². The number of likely N-dealkylation sites (N-methyl/N-ethyl adjacent to an activating group) is 1. The van der Waals surface area contributed by atoms with Gasteiger partial charge in [0.2, 0.25) is 0 Å². The van der Waals surface area contributed by atoms with Crippen LogP contribution in [0.15, 0.2) is 18.3 Å². The summed E-state index contributed by atoms with van der Waals surface area (Å²) in [6.45, 7) is 7.53. The van der Waals surface area contributed by atoms with Gasteiger partial charge < -0.3 is 9.80 Å². The normalized spacial score (nSPS) is 16.6. The van der Waals surface area contributed by atoms with E-state index in [1.807, 2.05) is 34.6 Å². The zero-order valence-electron chi connectivity index (χ0n) is 13.0. The summed E-state index contributed by atoms with van der Waals surface area (Å²) in [7, 11) is 2.09. The Morgan fingerprint density at radius 1 is 1.24 bits per heavy atom. The standard InChI is InChI=1S/C16H22N4O/c1-4-13-15(16(21)19-9-7-18(3)8-10-19)20-11-12(2)5-6-14(20)17-13/h5-6,11H,4,7-10H2,1-3H3. The van der Waals surface area contributed by atoms with Crippen molar-refractivity contribution in [3.8, 4) is 0 Å². The van der Waals surface area contributed by atoms with Crippen molar-refractivity contribution in [3.05, 3.63) is 35.3 Å². The molecule has 5 nitrogen and oxygen atoms in total. The van der Waals surface area contributed by atoms with E-state index in [9.17, 15) is 4.79 Å². The predicted octanol–water partition coefficient (Wildman–Crippen LogP) is 1.59. The van der Waals surface area contributed by atoms with E-state index in [0.29, 0.717) is 0 Å². The van der Waals surface area contributed by atoms with Crippen molar-refractivity contribution < 1.29 is 4.79 Å². The highest BCUT2D eigenvalue weighted by atomic mass is 16.2. The zero-order valence-corrected chi connectivity index (χ0v) is 13.0. The highest BCUT2D eigenvalue weighted by Gasteiger charge is 2.25. The van der Waals surface area contributed by atoms with E-state index in [0.717, 1.165) is 55.2 Å². The minimum Gasteiger partial charge on any atom is -0.335 e. The number of carbonyl (C=O) groups excluding carboxylic acids is 1.